The fourth-order valence-corrected chi connectivity index (χ4v) is 2.67. The third-order valence-electron chi connectivity index (χ3n) is 2.29. The first kappa shape index (κ1) is 11.9. The summed E-state index contributed by atoms with van der Waals surface area (Å²) in [5, 5.41) is 9.25. The number of fused-ring (bicyclic) bond motifs is 1. The molecule has 3 nitrogen and oxygen atoms in total. The van der Waals surface area contributed by atoms with Crippen molar-refractivity contribution < 1.29 is 23.4 Å². The Bertz CT molecular complexity index is 592. The monoisotopic (exact) mass is 258 g/mol. The number of halogens is 2. The quantitative estimate of drug-likeness (QED) is 0.920. The van der Waals surface area contributed by atoms with Crippen molar-refractivity contribution in [2.45, 2.75) is 6.61 Å². The zero-order valence-electron chi connectivity index (χ0n) is 8.79. The van der Waals surface area contributed by atoms with Crippen molar-refractivity contribution in [2.24, 2.45) is 0 Å². The van der Waals surface area contributed by atoms with Gasteiger partial charge in [-0.25, -0.2) is 13.6 Å². The highest BCUT2D eigenvalue weighted by atomic mass is 32.1. The molecule has 2 aromatic rings. The van der Waals surface area contributed by atoms with Gasteiger partial charge in [-0.05, 0) is 6.07 Å². The van der Waals surface area contributed by atoms with E-state index in [1.165, 1.54) is 7.11 Å². The van der Waals surface area contributed by atoms with Crippen LogP contribution >= 0.6 is 11.3 Å². The third kappa shape index (κ3) is 2.01. The second-order valence-electron chi connectivity index (χ2n) is 3.41. The molecule has 1 aromatic heterocycles. The van der Waals surface area contributed by atoms with Gasteiger partial charge in [0.05, 0.1) is 11.3 Å². The van der Waals surface area contributed by atoms with Crippen molar-refractivity contribution in [1.82, 2.24) is 0 Å². The fraction of sp³-hybridized carbons (Fsp3) is 0.182. The minimum absolute atomic E-state index is 0.00449. The predicted octanol–water partition coefficient (Wildman–Crippen LogP) is 3.02. The number of hydrogen-bond acceptors (Lipinski definition) is 3. The standard InChI is InChI=1S/C11H8F2O3S/c1-16-4-7-6-2-5(12)3-8(13)9(6)17-10(7)11(14)15/h2-3H,4H2,1H3,(H,14,15). The number of carboxylic acid groups (broad SMARTS) is 1. The van der Waals surface area contributed by atoms with Gasteiger partial charge in [0.25, 0.3) is 0 Å². The van der Waals surface area contributed by atoms with Gasteiger partial charge in [-0.15, -0.1) is 11.3 Å². The van der Waals surface area contributed by atoms with Crippen LogP contribution < -0.4 is 0 Å². The van der Waals surface area contributed by atoms with Crippen LogP contribution in [-0.4, -0.2) is 18.2 Å². The van der Waals surface area contributed by atoms with Crippen LogP contribution in [0.3, 0.4) is 0 Å². The van der Waals surface area contributed by atoms with Gasteiger partial charge in [-0.3, -0.25) is 0 Å². The first-order chi connectivity index (χ1) is 8.04. The average Bonchev–Trinajstić information content (AvgIpc) is 2.58. The normalized spacial score (nSPS) is 11.0. The van der Waals surface area contributed by atoms with Gasteiger partial charge >= 0.3 is 5.97 Å². The second kappa shape index (κ2) is 4.38. The minimum atomic E-state index is -1.17. The molecule has 0 saturated carbocycles. The Hall–Kier alpha value is -1.53. The molecule has 0 bridgehead atoms. The zero-order chi connectivity index (χ0) is 12.6. The van der Waals surface area contributed by atoms with E-state index in [2.05, 4.69) is 0 Å². The summed E-state index contributed by atoms with van der Waals surface area (Å²) in [6, 6.07) is 1.86. The van der Waals surface area contributed by atoms with Crippen molar-refractivity contribution in [3.8, 4) is 0 Å². The molecule has 0 atom stereocenters. The van der Waals surface area contributed by atoms with Crippen LogP contribution in [0.4, 0.5) is 8.78 Å². The summed E-state index contributed by atoms with van der Waals surface area (Å²) >= 11 is 0.786. The SMILES string of the molecule is COCc1c(C(=O)O)sc2c(F)cc(F)cc12. The van der Waals surface area contributed by atoms with Gasteiger partial charge < -0.3 is 9.84 Å². The number of hydrogen-bond donors (Lipinski definition) is 1. The van der Waals surface area contributed by atoms with Crippen LogP contribution in [0.2, 0.25) is 0 Å². The maximum atomic E-state index is 13.5. The Balaban J connectivity index is 2.79. The van der Waals surface area contributed by atoms with Crippen LogP contribution in [-0.2, 0) is 11.3 Å². The lowest BCUT2D eigenvalue weighted by Crippen LogP contribution is -1.98. The molecule has 0 spiro atoms. The lowest BCUT2D eigenvalue weighted by molar-refractivity contribution is 0.0698. The van der Waals surface area contributed by atoms with Gasteiger partial charge in [-0.2, -0.15) is 0 Å². The van der Waals surface area contributed by atoms with Crippen LogP contribution in [0.15, 0.2) is 12.1 Å². The molecule has 0 radical (unpaired) electrons. The Labute approximate surface area is 99.2 Å². The lowest BCUT2D eigenvalue weighted by Gasteiger charge is -2.00. The van der Waals surface area contributed by atoms with Crippen LogP contribution in [0.5, 0.6) is 0 Å². The summed E-state index contributed by atoms with van der Waals surface area (Å²) in [4.78, 5) is 11.0. The molecule has 0 amide bonds. The van der Waals surface area contributed by atoms with Gasteiger partial charge in [0, 0.05) is 24.1 Å². The maximum absolute atomic E-state index is 13.5. The van der Waals surface area contributed by atoms with E-state index in [1.807, 2.05) is 0 Å². The molecule has 0 fully saturated rings. The molecule has 0 aliphatic rings. The summed E-state index contributed by atoms with van der Waals surface area (Å²) in [5.74, 6) is -2.66. The molecule has 90 valence electrons. The van der Waals surface area contributed by atoms with E-state index in [0.29, 0.717) is 5.56 Å². The van der Waals surface area contributed by atoms with Crippen LogP contribution in [0, 0.1) is 11.6 Å². The molecule has 0 saturated heterocycles. The number of carbonyl (C=O) groups is 1. The van der Waals surface area contributed by atoms with Crippen LogP contribution in [0.25, 0.3) is 10.1 Å². The van der Waals surface area contributed by atoms with Gasteiger partial charge in [0.2, 0.25) is 0 Å². The number of ether oxygens (including phenoxy) is 1. The van der Waals surface area contributed by atoms with Gasteiger partial charge in [0.1, 0.15) is 16.5 Å². The Kier molecular flexibility index (Phi) is 3.08. The summed E-state index contributed by atoms with van der Waals surface area (Å²) in [6.45, 7) is 0.00449. The number of aromatic carboxylic acids is 1. The summed E-state index contributed by atoms with van der Waals surface area (Å²) in [7, 11) is 1.39. The first-order valence-corrected chi connectivity index (χ1v) is 5.49. The minimum Gasteiger partial charge on any atom is -0.477 e. The second-order valence-corrected chi connectivity index (χ2v) is 4.43. The highest BCUT2D eigenvalue weighted by molar-refractivity contribution is 7.21. The topological polar surface area (TPSA) is 46.5 Å². The van der Waals surface area contributed by atoms with E-state index in [0.717, 1.165) is 23.5 Å². The molecule has 0 unspecified atom stereocenters. The maximum Gasteiger partial charge on any atom is 0.346 e. The molecule has 17 heavy (non-hydrogen) atoms. The van der Waals surface area contributed by atoms with E-state index < -0.39 is 17.6 Å². The molecule has 1 heterocycles. The summed E-state index contributed by atoms with van der Waals surface area (Å²) in [5.41, 5.74) is 0.304. The fourth-order valence-electron chi connectivity index (χ4n) is 1.63. The predicted molar refractivity (Wildman–Crippen MR) is 59.4 cm³/mol. The van der Waals surface area contributed by atoms with E-state index in [9.17, 15) is 13.6 Å². The Morgan fingerprint density at radius 3 is 2.76 bits per heavy atom. The Morgan fingerprint density at radius 2 is 2.18 bits per heavy atom. The van der Waals surface area contributed by atoms with Gasteiger partial charge in [0.15, 0.2) is 0 Å². The number of benzene rings is 1. The van der Waals surface area contributed by atoms with E-state index in [1.54, 1.807) is 0 Å². The zero-order valence-corrected chi connectivity index (χ0v) is 9.61. The summed E-state index contributed by atoms with van der Waals surface area (Å²) < 4.78 is 31.6. The van der Waals surface area contributed by atoms with Crippen molar-refractivity contribution in [3.63, 3.8) is 0 Å². The average molecular weight is 258 g/mol. The van der Waals surface area contributed by atoms with Crippen molar-refractivity contribution in [3.05, 3.63) is 34.2 Å². The number of methoxy groups -OCH3 is 1. The molecule has 1 aromatic carbocycles. The molecule has 6 heteroatoms. The highest BCUT2D eigenvalue weighted by Gasteiger charge is 2.20. The molecular formula is C11H8F2O3S. The smallest absolute Gasteiger partial charge is 0.346 e. The molecule has 0 aliphatic heterocycles. The number of carboxylic acids is 1. The van der Waals surface area contributed by atoms with Crippen molar-refractivity contribution >= 4 is 27.4 Å². The van der Waals surface area contributed by atoms with Gasteiger partial charge in [-0.1, -0.05) is 0 Å². The summed E-state index contributed by atoms with van der Waals surface area (Å²) in [6.07, 6.45) is 0. The number of rotatable bonds is 3. The molecule has 1 N–H and O–H groups in total. The van der Waals surface area contributed by atoms with Crippen LogP contribution in [0.1, 0.15) is 15.2 Å². The van der Waals surface area contributed by atoms with E-state index >= 15 is 0 Å². The molecule has 0 aliphatic carbocycles. The van der Waals surface area contributed by atoms with Crippen molar-refractivity contribution in [1.29, 1.82) is 0 Å². The number of thiophene rings is 1. The van der Waals surface area contributed by atoms with Crippen molar-refractivity contribution in [2.75, 3.05) is 7.11 Å². The molecular weight excluding hydrogens is 250 g/mol. The highest BCUT2D eigenvalue weighted by Crippen LogP contribution is 2.34. The lowest BCUT2D eigenvalue weighted by atomic mass is 10.1. The van der Waals surface area contributed by atoms with E-state index in [-0.39, 0.29) is 21.6 Å². The Morgan fingerprint density at radius 1 is 1.47 bits per heavy atom. The first-order valence-electron chi connectivity index (χ1n) is 4.67. The largest absolute Gasteiger partial charge is 0.477 e. The molecule has 2 rings (SSSR count). The third-order valence-corrected chi connectivity index (χ3v) is 3.54. The van der Waals surface area contributed by atoms with E-state index in [4.69, 9.17) is 9.84 Å².